The lowest BCUT2D eigenvalue weighted by Crippen LogP contribution is -2.27. The molecule has 1 aliphatic rings. The molecule has 0 spiro atoms. The van der Waals surface area contributed by atoms with Gasteiger partial charge in [-0.05, 0) is 42.1 Å². The topological polar surface area (TPSA) is 80.5 Å². The van der Waals surface area contributed by atoms with Crippen molar-refractivity contribution in [2.24, 2.45) is 0 Å². The van der Waals surface area contributed by atoms with Gasteiger partial charge in [-0.2, -0.15) is 0 Å². The molecule has 0 atom stereocenters. The van der Waals surface area contributed by atoms with Crippen LogP contribution in [0.2, 0.25) is 10.0 Å². The first-order valence-corrected chi connectivity index (χ1v) is 9.54. The van der Waals surface area contributed by atoms with Crippen molar-refractivity contribution >= 4 is 57.9 Å². The Hall–Kier alpha value is -2.61. The van der Waals surface area contributed by atoms with Crippen molar-refractivity contribution in [2.45, 2.75) is 6.54 Å². The van der Waals surface area contributed by atoms with Gasteiger partial charge in [-0.15, -0.1) is 0 Å². The van der Waals surface area contributed by atoms with E-state index in [9.17, 15) is 19.7 Å². The van der Waals surface area contributed by atoms with Crippen LogP contribution in [0, 0.1) is 10.1 Å². The minimum absolute atomic E-state index is 0.0333. The van der Waals surface area contributed by atoms with Gasteiger partial charge in [0.1, 0.15) is 0 Å². The van der Waals surface area contributed by atoms with Gasteiger partial charge in [-0.25, -0.2) is 0 Å². The fourth-order valence-corrected chi connectivity index (χ4v) is 3.83. The van der Waals surface area contributed by atoms with Gasteiger partial charge in [-0.3, -0.25) is 24.6 Å². The van der Waals surface area contributed by atoms with Crippen molar-refractivity contribution in [3.8, 4) is 0 Å². The number of carbonyl (C=O) groups excluding carboxylic acids is 2. The molecule has 0 radical (unpaired) electrons. The molecule has 3 rings (SSSR count). The number of carbonyl (C=O) groups is 2. The normalized spacial score (nSPS) is 15.8. The molecule has 1 fully saturated rings. The summed E-state index contributed by atoms with van der Waals surface area (Å²) in [5.41, 5.74) is 0.837. The minimum atomic E-state index is -0.485. The lowest BCUT2D eigenvalue weighted by molar-refractivity contribution is -0.385. The van der Waals surface area contributed by atoms with Crippen molar-refractivity contribution in [3.63, 3.8) is 0 Å². The number of halogens is 2. The van der Waals surface area contributed by atoms with Crippen molar-refractivity contribution in [1.29, 1.82) is 0 Å². The highest BCUT2D eigenvalue weighted by molar-refractivity contribution is 8.18. The van der Waals surface area contributed by atoms with E-state index in [4.69, 9.17) is 23.2 Å². The molecule has 2 aromatic carbocycles. The van der Waals surface area contributed by atoms with Crippen LogP contribution in [0.5, 0.6) is 0 Å². The monoisotopic (exact) mass is 434 g/mol. The summed E-state index contributed by atoms with van der Waals surface area (Å²) in [5.74, 6) is -0.474. The van der Waals surface area contributed by atoms with Crippen LogP contribution in [0.1, 0.15) is 11.1 Å². The Morgan fingerprint density at radius 2 is 1.75 bits per heavy atom. The average Bonchev–Trinajstić information content (AvgIpc) is 2.92. The van der Waals surface area contributed by atoms with Crippen molar-refractivity contribution in [1.82, 2.24) is 4.90 Å². The Morgan fingerprint density at radius 3 is 2.43 bits per heavy atom. The molecule has 9 heteroatoms. The molecule has 0 aliphatic carbocycles. The molecule has 2 aromatic rings. The summed E-state index contributed by atoms with van der Waals surface area (Å²) in [6, 6.07) is 11.2. The van der Waals surface area contributed by atoms with Gasteiger partial charge in [0, 0.05) is 21.7 Å². The standard InChI is InChI=1S/C19H12Cl2N2O4S/c20-14-7-4-8-15(21)13(14)11-22-18(24)17(28-19(22)25)10-3-6-12-5-1-2-9-16(12)23(26)27/h1-10H,11H2/b6-3+,17-10-. The van der Waals surface area contributed by atoms with E-state index in [0.29, 0.717) is 21.2 Å². The summed E-state index contributed by atoms with van der Waals surface area (Å²) in [7, 11) is 0. The zero-order chi connectivity index (χ0) is 20.3. The first-order valence-electron chi connectivity index (χ1n) is 7.97. The third-order valence-electron chi connectivity index (χ3n) is 3.91. The predicted octanol–water partition coefficient (Wildman–Crippen LogP) is 5.69. The van der Waals surface area contributed by atoms with E-state index < -0.39 is 16.1 Å². The number of rotatable bonds is 5. The highest BCUT2D eigenvalue weighted by Crippen LogP contribution is 2.34. The predicted molar refractivity (Wildman–Crippen MR) is 110 cm³/mol. The molecule has 1 saturated heterocycles. The Balaban J connectivity index is 1.79. The summed E-state index contributed by atoms with van der Waals surface area (Å²) in [6.07, 6.45) is 4.47. The molecule has 0 aromatic heterocycles. The summed E-state index contributed by atoms with van der Waals surface area (Å²) in [6.45, 7) is -0.0333. The fraction of sp³-hybridized carbons (Fsp3) is 0.0526. The molecule has 1 aliphatic heterocycles. The molecule has 1 heterocycles. The van der Waals surface area contributed by atoms with E-state index in [1.807, 2.05) is 0 Å². The third kappa shape index (κ3) is 4.27. The Morgan fingerprint density at radius 1 is 1.07 bits per heavy atom. The first-order chi connectivity index (χ1) is 13.4. The van der Waals surface area contributed by atoms with Crippen LogP contribution in [-0.4, -0.2) is 21.0 Å². The molecular weight excluding hydrogens is 423 g/mol. The van der Waals surface area contributed by atoms with Gasteiger partial charge in [-0.1, -0.05) is 47.5 Å². The highest BCUT2D eigenvalue weighted by atomic mass is 35.5. The number of nitro groups is 1. The van der Waals surface area contributed by atoms with Crippen LogP contribution in [0.4, 0.5) is 10.5 Å². The SMILES string of the molecule is O=C1S/C(=C\C=C\c2ccccc2[N+](=O)[O-])C(=O)N1Cc1c(Cl)cccc1Cl. The fourth-order valence-electron chi connectivity index (χ4n) is 2.53. The zero-order valence-electron chi connectivity index (χ0n) is 14.2. The van der Waals surface area contributed by atoms with Crippen molar-refractivity contribution in [2.75, 3.05) is 0 Å². The van der Waals surface area contributed by atoms with Gasteiger partial charge in [0.2, 0.25) is 0 Å². The van der Waals surface area contributed by atoms with Crippen LogP contribution in [-0.2, 0) is 11.3 Å². The number of hydrogen-bond donors (Lipinski definition) is 0. The number of thioether (sulfide) groups is 1. The van der Waals surface area contributed by atoms with E-state index in [1.54, 1.807) is 36.4 Å². The number of allylic oxidation sites excluding steroid dienone is 2. The molecule has 142 valence electrons. The van der Waals surface area contributed by atoms with Gasteiger partial charge in [0.25, 0.3) is 16.8 Å². The zero-order valence-corrected chi connectivity index (χ0v) is 16.5. The number of amides is 2. The second-order valence-corrected chi connectivity index (χ2v) is 7.47. The van der Waals surface area contributed by atoms with E-state index in [2.05, 4.69) is 0 Å². The van der Waals surface area contributed by atoms with E-state index in [-0.39, 0.29) is 17.1 Å². The van der Waals surface area contributed by atoms with Crippen LogP contribution < -0.4 is 0 Å². The molecule has 0 bridgehead atoms. The van der Waals surface area contributed by atoms with Gasteiger partial charge in [0.15, 0.2) is 0 Å². The van der Waals surface area contributed by atoms with Crippen molar-refractivity contribution < 1.29 is 14.5 Å². The lowest BCUT2D eigenvalue weighted by Gasteiger charge is -2.14. The van der Waals surface area contributed by atoms with Crippen LogP contribution in [0.3, 0.4) is 0 Å². The summed E-state index contributed by atoms with van der Waals surface area (Å²) in [5, 5.41) is 11.3. The maximum absolute atomic E-state index is 12.5. The highest BCUT2D eigenvalue weighted by Gasteiger charge is 2.35. The molecule has 2 amide bonds. The molecule has 6 nitrogen and oxygen atoms in total. The largest absolute Gasteiger partial charge is 0.293 e. The number of nitrogens with zero attached hydrogens (tertiary/aromatic N) is 2. The molecular formula is C19H12Cl2N2O4S. The Labute approximate surface area is 174 Å². The number of imide groups is 1. The second-order valence-electron chi connectivity index (χ2n) is 5.67. The van der Waals surface area contributed by atoms with E-state index in [0.717, 1.165) is 16.7 Å². The van der Waals surface area contributed by atoms with Gasteiger partial charge >= 0.3 is 0 Å². The van der Waals surface area contributed by atoms with Crippen LogP contribution in [0.15, 0.2) is 59.5 Å². The van der Waals surface area contributed by atoms with Crippen LogP contribution in [0.25, 0.3) is 6.08 Å². The van der Waals surface area contributed by atoms with Crippen LogP contribution >= 0.6 is 35.0 Å². The van der Waals surface area contributed by atoms with Gasteiger partial charge < -0.3 is 0 Å². The first kappa shape index (κ1) is 20.1. The molecule has 0 N–H and O–H groups in total. The lowest BCUT2D eigenvalue weighted by atomic mass is 10.1. The van der Waals surface area contributed by atoms with Gasteiger partial charge in [0.05, 0.1) is 21.9 Å². The molecule has 0 unspecified atom stereocenters. The Kier molecular flexibility index (Phi) is 6.18. The number of benzene rings is 2. The maximum atomic E-state index is 12.5. The molecule has 28 heavy (non-hydrogen) atoms. The number of nitro benzene ring substituents is 1. The third-order valence-corrected chi connectivity index (χ3v) is 5.54. The van der Waals surface area contributed by atoms with E-state index in [1.165, 1.54) is 24.3 Å². The maximum Gasteiger partial charge on any atom is 0.293 e. The van der Waals surface area contributed by atoms with E-state index >= 15 is 0 Å². The average molecular weight is 435 g/mol. The quantitative estimate of drug-likeness (QED) is 0.342. The summed E-state index contributed by atoms with van der Waals surface area (Å²) < 4.78 is 0. The smallest absolute Gasteiger partial charge is 0.268 e. The summed E-state index contributed by atoms with van der Waals surface area (Å²) in [4.78, 5) is 36.6. The number of para-hydroxylation sites is 1. The second kappa shape index (κ2) is 8.60. The Bertz CT molecular complexity index is 1020. The minimum Gasteiger partial charge on any atom is -0.268 e. The molecule has 0 saturated carbocycles. The summed E-state index contributed by atoms with van der Waals surface area (Å²) >= 11 is 13.0. The number of hydrogen-bond acceptors (Lipinski definition) is 5. The van der Waals surface area contributed by atoms with Crippen molar-refractivity contribution in [3.05, 3.63) is 90.8 Å².